The van der Waals surface area contributed by atoms with Crippen LogP contribution >= 0.6 is 0 Å². The fourth-order valence-electron chi connectivity index (χ4n) is 1.67. The number of carboxylic acids is 1. The summed E-state index contributed by atoms with van der Waals surface area (Å²) in [7, 11) is 0. The van der Waals surface area contributed by atoms with Gasteiger partial charge in [0.05, 0.1) is 6.54 Å². The molecule has 0 amide bonds. The first kappa shape index (κ1) is 13.8. The molecule has 17 heavy (non-hydrogen) atoms. The lowest BCUT2D eigenvalue weighted by Gasteiger charge is -2.12. The first-order valence-corrected chi connectivity index (χ1v) is 6.19. The quantitative estimate of drug-likeness (QED) is 0.684. The summed E-state index contributed by atoms with van der Waals surface area (Å²) in [6.07, 6.45) is 4.85. The minimum Gasteiger partial charge on any atom is -0.475 e. The van der Waals surface area contributed by atoms with E-state index in [2.05, 4.69) is 19.2 Å². The van der Waals surface area contributed by atoms with Crippen LogP contribution in [0.25, 0.3) is 0 Å². The highest BCUT2D eigenvalue weighted by atomic mass is 16.4. The van der Waals surface area contributed by atoms with Gasteiger partial charge in [0.1, 0.15) is 5.76 Å². The van der Waals surface area contributed by atoms with Crippen LogP contribution in [-0.4, -0.2) is 17.1 Å². The zero-order valence-electron chi connectivity index (χ0n) is 10.5. The highest BCUT2D eigenvalue weighted by Crippen LogP contribution is 2.09. The number of nitrogens with one attached hydrogen (secondary N) is 1. The number of carbonyl (C=O) groups is 1. The Balaban J connectivity index is 2.26. The van der Waals surface area contributed by atoms with Crippen LogP contribution in [0.15, 0.2) is 16.5 Å². The van der Waals surface area contributed by atoms with E-state index in [1.54, 1.807) is 6.07 Å². The van der Waals surface area contributed by atoms with Gasteiger partial charge in [-0.3, -0.25) is 0 Å². The number of carboxylic acid groups (broad SMARTS) is 1. The average molecular weight is 239 g/mol. The maximum atomic E-state index is 10.6. The molecule has 0 saturated carbocycles. The molecule has 0 spiro atoms. The van der Waals surface area contributed by atoms with Crippen LogP contribution in [0.5, 0.6) is 0 Å². The molecule has 1 aromatic rings. The third kappa shape index (κ3) is 5.04. The van der Waals surface area contributed by atoms with Crippen molar-refractivity contribution in [3.05, 3.63) is 23.7 Å². The Morgan fingerprint density at radius 1 is 1.47 bits per heavy atom. The number of furan rings is 1. The summed E-state index contributed by atoms with van der Waals surface area (Å²) in [6, 6.07) is 3.62. The van der Waals surface area contributed by atoms with Crippen molar-refractivity contribution in [2.45, 2.75) is 52.1 Å². The Morgan fingerprint density at radius 2 is 2.24 bits per heavy atom. The Morgan fingerprint density at radius 3 is 2.82 bits per heavy atom. The van der Waals surface area contributed by atoms with Crippen LogP contribution in [0.4, 0.5) is 0 Å². The molecule has 1 rings (SSSR count). The van der Waals surface area contributed by atoms with Crippen LogP contribution in [0.3, 0.4) is 0 Å². The van der Waals surface area contributed by atoms with Crippen LogP contribution in [-0.2, 0) is 6.54 Å². The second-order valence-electron chi connectivity index (χ2n) is 4.35. The molecule has 0 saturated heterocycles. The monoisotopic (exact) mass is 239 g/mol. The van der Waals surface area contributed by atoms with Gasteiger partial charge in [0.15, 0.2) is 0 Å². The smallest absolute Gasteiger partial charge is 0.371 e. The Labute approximate surface area is 102 Å². The number of hydrogen-bond acceptors (Lipinski definition) is 3. The van der Waals surface area contributed by atoms with Crippen molar-refractivity contribution in [3.8, 4) is 0 Å². The van der Waals surface area contributed by atoms with Crippen LogP contribution in [0.1, 0.15) is 55.8 Å². The molecule has 0 aromatic carbocycles. The minimum atomic E-state index is -1.02. The summed E-state index contributed by atoms with van der Waals surface area (Å²) in [5.74, 6) is -0.350. The Hall–Kier alpha value is -1.29. The largest absolute Gasteiger partial charge is 0.475 e. The fourth-order valence-corrected chi connectivity index (χ4v) is 1.67. The molecular formula is C13H21NO3. The van der Waals surface area contributed by atoms with Crippen molar-refractivity contribution in [2.75, 3.05) is 0 Å². The first-order valence-electron chi connectivity index (χ1n) is 6.19. The molecule has 1 atom stereocenters. The fraction of sp³-hybridized carbons (Fsp3) is 0.615. The van der Waals surface area contributed by atoms with E-state index in [9.17, 15) is 4.79 Å². The molecule has 4 nitrogen and oxygen atoms in total. The van der Waals surface area contributed by atoms with E-state index in [0.29, 0.717) is 18.3 Å². The molecule has 2 N–H and O–H groups in total. The number of rotatable bonds is 8. The molecule has 4 heteroatoms. The molecule has 1 heterocycles. The summed E-state index contributed by atoms with van der Waals surface area (Å²) in [5, 5.41) is 12.0. The summed E-state index contributed by atoms with van der Waals surface area (Å²) >= 11 is 0. The number of aromatic carboxylic acids is 1. The van der Waals surface area contributed by atoms with Crippen molar-refractivity contribution < 1.29 is 14.3 Å². The summed E-state index contributed by atoms with van der Waals surface area (Å²) in [4.78, 5) is 10.6. The van der Waals surface area contributed by atoms with E-state index in [0.717, 1.165) is 6.42 Å². The van der Waals surface area contributed by atoms with E-state index in [-0.39, 0.29) is 5.76 Å². The van der Waals surface area contributed by atoms with Crippen LogP contribution < -0.4 is 5.32 Å². The van der Waals surface area contributed by atoms with E-state index in [1.807, 2.05) is 0 Å². The van der Waals surface area contributed by atoms with Crippen LogP contribution in [0.2, 0.25) is 0 Å². The van der Waals surface area contributed by atoms with Gasteiger partial charge in [0, 0.05) is 6.04 Å². The molecule has 0 fully saturated rings. The van der Waals surface area contributed by atoms with Crippen molar-refractivity contribution in [2.24, 2.45) is 0 Å². The first-order chi connectivity index (χ1) is 8.13. The van der Waals surface area contributed by atoms with Gasteiger partial charge in [0.25, 0.3) is 0 Å². The predicted octanol–water partition coefficient (Wildman–Crippen LogP) is 3.04. The highest BCUT2D eigenvalue weighted by Gasteiger charge is 2.09. The van der Waals surface area contributed by atoms with Gasteiger partial charge in [0.2, 0.25) is 5.76 Å². The Kier molecular flexibility index (Phi) is 5.77. The van der Waals surface area contributed by atoms with E-state index in [4.69, 9.17) is 9.52 Å². The minimum absolute atomic E-state index is 0.000404. The van der Waals surface area contributed by atoms with Crippen molar-refractivity contribution in [3.63, 3.8) is 0 Å². The third-order valence-corrected chi connectivity index (χ3v) is 2.74. The molecule has 0 bridgehead atoms. The summed E-state index contributed by atoms with van der Waals surface area (Å²) in [5.41, 5.74) is 0. The standard InChI is InChI=1S/C13H21NO3/c1-3-4-5-6-10(2)14-9-11-7-8-12(17-11)13(15)16/h7-8,10,14H,3-6,9H2,1-2H3,(H,15,16). The van der Waals surface area contributed by atoms with E-state index < -0.39 is 5.97 Å². The number of hydrogen-bond donors (Lipinski definition) is 2. The maximum Gasteiger partial charge on any atom is 0.371 e. The van der Waals surface area contributed by atoms with Gasteiger partial charge in [-0.2, -0.15) is 0 Å². The zero-order valence-corrected chi connectivity index (χ0v) is 10.5. The second-order valence-corrected chi connectivity index (χ2v) is 4.35. The highest BCUT2D eigenvalue weighted by molar-refractivity contribution is 5.84. The molecule has 96 valence electrons. The average Bonchev–Trinajstić information content (AvgIpc) is 2.75. The molecule has 1 unspecified atom stereocenters. The zero-order chi connectivity index (χ0) is 12.7. The third-order valence-electron chi connectivity index (χ3n) is 2.74. The molecule has 0 aliphatic carbocycles. The van der Waals surface area contributed by atoms with Gasteiger partial charge < -0.3 is 14.8 Å². The van der Waals surface area contributed by atoms with E-state index in [1.165, 1.54) is 25.3 Å². The van der Waals surface area contributed by atoms with Gasteiger partial charge in [-0.05, 0) is 25.5 Å². The maximum absolute atomic E-state index is 10.6. The summed E-state index contributed by atoms with van der Waals surface area (Å²) < 4.78 is 5.16. The van der Waals surface area contributed by atoms with Crippen LogP contribution in [0, 0.1) is 0 Å². The van der Waals surface area contributed by atoms with Gasteiger partial charge in [-0.25, -0.2) is 4.79 Å². The molecule has 1 aromatic heterocycles. The SMILES string of the molecule is CCCCCC(C)NCc1ccc(C(=O)O)o1. The van der Waals surface area contributed by atoms with Gasteiger partial charge >= 0.3 is 5.97 Å². The van der Waals surface area contributed by atoms with E-state index >= 15 is 0 Å². The molecule has 0 aliphatic rings. The predicted molar refractivity (Wildman–Crippen MR) is 66.1 cm³/mol. The molecule has 0 aliphatic heterocycles. The summed E-state index contributed by atoms with van der Waals surface area (Å²) in [6.45, 7) is 4.91. The Bertz CT molecular complexity index is 346. The lowest BCUT2D eigenvalue weighted by Crippen LogP contribution is -2.25. The van der Waals surface area contributed by atoms with Crippen molar-refractivity contribution in [1.82, 2.24) is 5.32 Å². The lowest BCUT2D eigenvalue weighted by molar-refractivity contribution is 0.0660. The topological polar surface area (TPSA) is 62.5 Å². The second kappa shape index (κ2) is 7.12. The van der Waals surface area contributed by atoms with Crippen molar-refractivity contribution in [1.29, 1.82) is 0 Å². The molecular weight excluding hydrogens is 218 g/mol. The van der Waals surface area contributed by atoms with Crippen molar-refractivity contribution >= 4 is 5.97 Å². The van der Waals surface area contributed by atoms with Gasteiger partial charge in [-0.1, -0.05) is 26.2 Å². The van der Waals surface area contributed by atoms with Gasteiger partial charge in [-0.15, -0.1) is 0 Å². The number of unbranched alkanes of at least 4 members (excludes halogenated alkanes) is 2. The molecule has 0 radical (unpaired) electrons. The normalized spacial score (nSPS) is 12.6. The lowest BCUT2D eigenvalue weighted by atomic mass is 10.1.